The molecule has 0 saturated carbocycles. The Bertz CT molecular complexity index is 989. The van der Waals surface area contributed by atoms with E-state index in [0.29, 0.717) is 11.6 Å². The van der Waals surface area contributed by atoms with Gasteiger partial charge < -0.3 is 13.7 Å². The lowest BCUT2D eigenvalue weighted by Gasteiger charge is -2.26. The summed E-state index contributed by atoms with van der Waals surface area (Å²) in [5.41, 5.74) is 0. The number of anilines is 1. The van der Waals surface area contributed by atoms with E-state index in [1.54, 1.807) is 36.4 Å². The highest BCUT2D eigenvalue weighted by molar-refractivity contribution is 9.10. The summed E-state index contributed by atoms with van der Waals surface area (Å²) < 4.78 is 38.4. The van der Waals surface area contributed by atoms with Gasteiger partial charge in [0.05, 0.1) is 11.2 Å². The van der Waals surface area contributed by atoms with E-state index in [9.17, 15) is 8.42 Å². The van der Waals surface area contributed by atoms with Gasteiger partial charge >= 0.3 is 0 Å². The first-order chi connectivity index (χ1) is 12.6. The van der Waals surface area contributed by atoms with Gasteiger partial charge in [-0.3, -0.25) is 0 Å². The summed E-state index contributed by atoms with van der Waals surface area (Å²) in [7, 11) is -3.81. The van der Waals surface area contributed by atoms with E-state index in [-0.39, 0.29) is 15.8 Å². The van der Waals surface area contributed by atoms with E-state index in [0.717, 1.165) is 36.8 Å². The Kier molecular flexibility index (Phi) is 4.62. The maximum Gasteiger partial charge on any atom is 0.266 e. The van der Waals surface area contributed by atoms with Crippen molar-refractivity contribution in [1.82, 2.24) is 4.98 Å². The average Bonchev–Trinajstić information content (AvgIpc) is 3.33. The van der Waals surface area contributed by atoms with Crippen molar-refractivity contribution in [3.8, 4) is 11.7 Å². The quantitative estimate of drug-likeness (QED) is 0.598. The minimum absolute atomic E-state index is 0.0619. The van der Waals surface area contributed by atoms with Crippen LogP contribution in [0.1, 0.15) is 19.3 Å². The van der Waals surface area contributed by atoms with E-state index in [1.807, 2.05) is 4.90 Å². The highest BCUT2D eigenvalue weighted by atomic mass is 79.9. The van der Waals surface area contributed by atoms with E-state index >= 15 is 0 Å². The molecule has 0 spiro atoms. The summed E-state index contributed by atoms with van der Waals surface area (Å²) in [5.74, 6) is 0.866. The van der Waals surface area contributed by atoms with Crippen LogP contribution in [0.2, 0.25) is 0 Å². The number of oxazole rings is 1. The number of sulfone groups is 1. The molecule has 3 heterocycles. The molecule has 136 valence electrons. The second kappa shape index (κ2) is 6.92. The predicted molar refractivity (Wildman–Crippen MR) is 99.9 cm³/mol. The molecule has 0 aliphatic carbocycles. The lowest BCUT2D eigenvalue weighted by atomic mass is 10.1. The van der Waals surface area contributed by atoms with Crippen LogP contribution in [-0.4, -0.2) is 26.5 Å². The van der Waals surface area contributed by atoms with Crippen LogP contribution in [0.15, 0.2) is 65.9 Å². The topological polar surface area (TPSA) is 76.5 Å². The fourth-order valence-electron chi connectivity index (χ4n) is 3.00. The molecule has 26 heavy (non-hydrogen) atoms. The monoisotopic (exact) mass is 436 g/mol. The third-order valence-corrected chi connectivity index (χ3v) is 6.53. The molecule has 1 aliphatic heterocycles. The molecule has 0 bridgehead atoms. The molecule has 1 aromatic carbocycles. The fourth-order valence-corrected chi connectivity index (χ4v) is 4.59. The molecule has 4 rings (SSSR count). The summed E-state index contributed by atoms with van der Waals surface area (Å²) in [4.78, 5) is 6.43. The normalized spacial score (nSPS) is 15.3. The van der Waals surface area contributed by atoms with Crippen molar-refractivity contribution < 1.29 is 17.3 Å². The Morgan fingerprint density at radius 1 is 1.04 bits per heavy atom. The van der Waals surface area contributed by atoms with Crippen LogP contribution in [-0.2, 0) is 9.84 Å². The van der Waals surface area contributed by atoms with E-state index in [2.05, 4.69) is 20.9 Å². The van der Waals surface area contributed by atoms with Gasteiger partial charge in [0, 0.05) is 17.6 Å². The number of halogens is 1. The highest BCUT2D eigenvalue weighted by Gasteiger charge is 2.32. The van der Waals surface area contributed by atoms with E-state index in [4.69, 9.17) is 8.83 Å². The third-order valence-electron chi connectivity index (χ3n) is 4.33. The van der Waals surface area contributed by atoms with Crippen LogP contribution in [0.5, 0.6) is 0 Å². The number of furan rings is 1. The number of rotatable bonds is 4. The first kappa shape index (κ1) is 17.4. The second-order valence-electron chi connectivity index (χ2n) is 6.11. The highest BCUT2D eigenvalue weighted by Crippen LogP contribution is 2.36. The van der Waals surface area contributed by atoms with Gasteiger partial charge in [-0.05, 0) is 55.7 Å². The minimum Gasteiger partial charge on any atom is -0.459 e. The van der Waals surface area contributed by atoms with Crippen LogP contribution in [0, 0.1) is 0 Å². The maximum atomic E-state index is 13.2. The molecule has 3 aromatic rings. The van der Waals surface area contributed by atoms with Crippen LogP contribution < -0.4 is 4.90 Å². The summed E-state index contributed by atoms with van der Waals surface area (Å²) in [5, 5.41) is -0.0619. The molecule has 0 unspecified atom stereocenters. The molecule has 1 saturated heterocycles. The van der Waals surface area contributed by atoms with Crippen molar-refractivity contribution in [3.05, 3.63) is 47.1 Å². The molecular formula is C18H17BrN2O4S. The van der Waals surface area contributed by atoms with Crippen molar-refractivity contribution in [1.29, 1.82) is 0 Å². The third kappa shape index (κ3) is 3.19. The minimum atomic E-state index is -3.81. The Balaban J connectivity index is 1.84. The van der Waals surface area contributed by atoms with Gasteiger partial charge in [-0.1, -0.05) is 15.9 Å². The molecule has 0 amide bonds. The largest absolute Gasteiger partial charge is 0.459 e. The van der Waals surface area contributed by atoms with Gasteiger partial charge in [-0.15, -0.1) is 0 Å². The van der Waals surface area contributed by atoms with Gasteiger partial charge in [-0.25, -0.2) is 8.42 Å². The number of piperidine rings is 1. The number of hydrogen-bond donors (Lipinski definition) is 0. The molecule has 0 N–H and O–H groups in total. The molecule has 1 aliphatic rings. The van der Waals surface area contributed by atoms with Crippen molar-refractivity contribution in [2.75, 3.05) is 18.0 Å². The summed E-state index contributed by atoms with van der Waals surface area (Å²) in [6, 6.07) is 9.91. The fraction of sp³-hybridized carbons (Fsp3) is 0.278. The standard InChI is InChI=1S/C18H17BrN2O4S/c19-13-6-8-14(9-7-13)26(22,23)17-18(21-10-2-1-3-11-21)25-16(20-17)15-5-4-12-24-15/h4-9,12H,1-3,10-11H2. The average molecular weight is 437 g/mol. The smallest absolute Gasteiger partial charge is 0.266 e. The van der Waals surface area contributed by atoms with Crippen LogP contribution in [0.25, 0.3) is 11.7 Å². The Labute approximate surface area is 159 Å². The summed E-state index contributed by atoms with van der Waals surface area (Å²) >= 11 is 3.33. The van der Waals surface area contributed by atoms with Gasteiger partial charge in [-0.2, -0.15) is 4.98 Å². The van der Waals surface area contributed by atoms with Crippen LogP contribution >= 0.6 is 15.9 Å². The number of aromatic nitrogens is 1. The molecule has 0 atom stereocenters. The molecular weight excluding hydrogens is 420 g/mol. The van der Waals surface area contributed by atoms with Gasteiger partial charge in [0.25, 0.3) is 5.89 Å². The predicted octanol–water partition coefficient (Wildman–Crippen LogP) is 4.52. The van der Waals surface area contributed by atoms with Gasteiger partial charge in [0.1, 0.15) is 0 Å². The van der Waals surface area contributed by atoms with Crippen LogP contribution in [0.4, 0.5) is 5.88 Å². The van der Waals surface area contributed by atoms with Gasteiger partial charge in [0.2, 0.25) is 20.7 Å². The molecule has 8 heteroatoms. The Morgan fingerprint density at radius 2 is 1.77 bits per heavy atom. The van der Waals surface area contributed by atoms with Crippen molar-refractivity contribution in [2.45, 2.75) is 29.2 Å². The lowest BCUT2D eigenvalue weighted by Crippen LogP contribution is -2.30. The van der Waals surface area contributed by atoms with Crippen molar-refractivity contribution >= 4 is 31.7 Å². The van der Waals surface area contributed by atoms with E-state index in [1.165, 1.54) is 6.26 Å². The van der Waals surface area contributed by atoms with Crippen LogP contribution in [0.3, 0.4) is 0 Å². The number of nitrogens with zero attached hydrogens (tertiary/aromatic N) is 2. The summed E-state index contributed by atoms with van der Waals surface area (Å²) in [6.07, 6.45) is 4.62. The Morgan fingerprint density at radius 3 is 2.42 bits per heavy atom. The number of benzene rings is 1. The maximum absolute atomic E-state index is 13.2. The van der Waals surface area contributed by atoms with Crippen molar-refractivity contribution in [2.24, 2.45) is 0 Å². The molecule has 2 aromatic heterocycles. The summed E-state index contributed by atoms with van der Waals surface area (Å²) in [6.45, 7) is 1.49. The first-order valence-corrected chi connectivity index (χ1v) is 10.6. The number of hydrogen-bond acceptors (Lipinski definition) is 6. The lowest BCUT2D eigenvalue weighted by molar-refractivity contribution is 0.483. The zero-order valence-corrected chi connectivity index (χ0v) is 16.3. The molecule has 1 fully saturated rings. The zero-order valence-electron chi connectivity index (χ0n) is 13.9. The Hall–Kier alpha value is -2.06. The zero-order chi connectivity index (χ0) is 18.1. The SMILES string of the molecule is O=S(=O)(c1ccc(Br)cc1)c1nc(-c2ccco2)oc1N1CCCCC1. The van der Waals surface area contributed by atoms with Crippen molar-refractivity contribution in [3.63, 3.8) is 0 Å². The molecule has 6 nitrogen and oxygen atoms in total. The second-order valence-corrected chi connectivity index (χ2v) is 8.89. The van der Waals surface area contributed by atoms with E-state index < -0.39 is 9.84 Å². The molecule has 0 radical (unpaired) electrons. The van der Waals surface area contributed by atoms with Gasteiger partial charge in [0.15, 0.2) is 5.76 Å². The first-order valence-electron chi connectivity index (χ1n) is 8.36.